The number of nitrogens with zero attached hydrogens (tertiary/aromatic N) is 2. The van der Waals surface area contributed by atoms with E-state index in [4.69, 9.17) is 4.74 Å². The zero-order chi connectivity index (χ0) is 20.6. The van der Waals surface area contributed by atoms with E-state index in [2.05, 4.69) is 12.1 Å². The number of amides is 2. The molecule has 1 heterocycles. The van der Waals surface area contributed by atoms with Crippen molar-refractivity contribution < 1.29 is 14.3 Å². The molecule has 0 N–H and O–H groups in total. The topological polar surface area (TPSA) is 49.9 Å². The van der Waals surface area contributed by atoms with E-state index >= 15 is 0 Å². The van der Waals surface area contributed by atoms with Crippen molar-refractivity contribution >= 4 is 11.8 Å². The second-order valence-corrected chi connectivity index (χ2v) is 7.59. The van der Waals surface area contributed by atoms with Gasteiger partial charge >= 0.3 is 0 Å². The highest BCUT2D eigenvalue weighted by Crippen LogP contribution is 2.30. The number of methoxy groups -OCH3 is 1. The number of carbonyl (C=O) groups is 2. The number of hydrogen-bond donors (Lipinski definition) is 0. The summed E-state index contributed by atoms with van der Waals surface area (Å²) in [6.45, 7) is 1.98. The molecule has 3 rings (SSSR count). The van der Waals surface area contributed by atoms with Crippen LogP contribution in [0.2, 0.25) is 0 Å². The van der Waals surface area contributed by atoms with Crippen LogP contribution >= 0.6 is 0 Å². The molecule has 1 aliphatic rings. The van der Waals surface area contributed by atoms with E-state index in [0.717, 1.165) is 36.3 Å². The Balaban J connectivity index is 1.67. The minimum atomic E-state index is -0.0197. The summed E-state index contributed by atoms with van der Waals surface area (Å²) in [5.74, 6) is 1.07. The molecule has 0 aromatic heterocycles. The average molecular weight is 395 g/mol. The van der Waals surface area contributed by atoms with Crippen LogP contribution in [0.1, 0.15) is 42.7 Å². The van der Waals surface area contributed by atoms with Crippen molar-refractivity contribution in [2.45, 2.75) is 31.6 Å². The molecule has 29 heavy (non-hydrogen) atoms. The summed E-state index contributed by atoms with van der Waals surface area (Å²) in [5.41, 5.74) is 2.20. The lowest BCUT2D eigenvalue weighted by atomic mass is 9.88. The van der Waals surface area contributed by atoms with Gasteiger partial charge in [0.05, 0.1) is 7.11 Å². The molecule has 5 heteroatoms. The molecular formula is C24H30N2O3. The van der Waals surface area contributed by atoms with Gasteiger partial charge in [-0.3, -0.25) is 9.59 Å². The van der Waals surface area contributed by atoms with E-state index in [0.29, 0.717) is 25.9 Å². The molecule has 1 atom stereocenters. The smallest absolute Gasteiger partial charge is 0.223 e. The highest BCUT2D eigenvalue weighted by Gasteiger charge is 2.22. The number of rotatable bonds is 8. The summed E-state index contributed by atoms with van der Waals surface area (Å²) < 4.78 is 5.26. The molecule has 2 aromatic carbocycles. The molecule has 0 unspecified atom stereocenters. The van der Waals surface area contributed by atoms with Crippen LogP contribution < -0.4 is 4.74 Å². The highest BCUT2D eigenvalue weighted by atomic mass is 16.5. The number of benzene rings is 2. The third kappa shape index (κ3) is 5.59. The summed E-state index contributed by atoms with van der Waals surface area (Å²) in [5, 5.41) is 0. The standard InChI is InChI=1S/C24H30N2O3/c1-25(16-17-26-15-7-6-10-23(26)27)24(28)18-22(19-8-4-3-5-9-19)20-11-13-21(29-2)14-12-20/h3-5,8-9,11-14,22H,6-7,10,15-18H2,1-2H3/t22-/m0/s1. The fourth-order valence-electron chi connectivity index (χ4n) is 3.77. The molecule has 2 amide bonds. The van der Waals surface area contributed by atoms with Gasteiger partial charge in [-0.1, -0.05) is 42.5 Å². The Morgan fingerprint density at radius 2 is 1.76 bits per heavy atom. The van der Waals surface area contributed by atoms with Gasteiger partial charge in [0.15, 0.2) is 0 Å². The van der Waals surface area contributed by atoms with E-state index in [1.807, 2.05) is 54.4 Å². The molecule has 1 aliphatic heterocycles. The van der Waals surface area contributed by atoms with Crippen LogP contribution in [0.25, 0.3) is 0 Å². The molecule has 0 radical (unpaired) electrons. The fraction of sp³-hybridized carbons (Fsp3) is 0.417. The first-order valence-corrected chi connectivity index (χ1v) is 10.3. The molecule has 1 fully saturated rings. The van der Waals surface area contributed by atoms with E-state index in [9.17, 15) is 9.59 Å². The van der Waals surface area contributed by atoms with Crippen molar-refractivity contribution in [3.05, 3.63) is 65.7 Å². The van der Waals surface area contributed by atoms with Crippen LogP contribution in [-0.2, 0) is 9.59 Å². The van der Waals surface area contributed by atoms with Gasteiger partial charge in [0.25, 0.3) is 0 Å². The minimum absolute atomic E-state index is 0.0197. The van der Waals surface area contributed by atoms with Crippen molar-refractivity contribution in [3.63, 3.8) is 0 Å². The van der Waals surface area contributed by atoms with E-state index in [-0.39, 0.29) is 17.7 Å². The molecule has 2 aromatic rings. The van der Waals surface area contributed by atoms with E-state index < -0.39 is 0 Å². The molecule has 1 saturated heterocycles. The number of likely N-dealkylation sites (tertiary alicyclic amines) is 1. The lowest BCUT2D eigenvalue weighted by Gasteiger charge is -2.29. The predicted molar refractivity (Wildman–Crippen MR) is 114 cm³/mol. The van der Waals surface area contributed by atoms with Gasteiger partial charge in [-0.25, -0.2) is 0 Å². The van der Waals surface area contributed by atoms with Crippen molar-refractivity contribution in [3.8, 4) is 5.75 Å². The van der Waals surface area contributed by atoms with Crippen molar-refractivity contribution in [2.75, 3.05) is 33.8 Å². The Morgan fingerprint density at radius 1 is 1.07 bits per heavy atom. The number of likely N-dealkylation sites (N-methyl/N-ethyl adjacent to an activating group) is 1. The fourth-order valence-corrected chi connectivity index (χ4v) is 3.77. The monoisotopic (exact) mass is 394 g/mol. The second-order valence-electron chi connectivity index (χ2n) is 7.59. The Kier molecular flexibility index (Phi) is 7.28. The van der Waals surface area contributed by atoms with Crippen molar-refractivity contribution in [1.82, 2.24) is 9.80 Å². The third-order valence-corrected chi connectivity index (χ3v) is 5.65. The van der Waals surface area contributed by atoms with Crippen LogP contribution in [0.15, 0.2) is 54.6 Å². The maximum Gasteiger partial charge on any atom is 0.223 e. The first-order chi connectivity index (χ1) is 14.1. The Morgan fingerprint density at radius 3 is 2.41 bits per heavy atom. The number of hydrogen-bond acceptors (Lipinski definition) is 3. The maximum absolute atomic E-state index is 13.0. The Bertz CT molecular complexity index is 805. The molecule has 5 nitrogen and oxygen atoms in total. The van der Waals surface area contributed by atoms with Gasteiger partial charge in [-0.15, -0.1) is 0 Å². The van der Waals surface area contributed by atoms with Gasteiger partial charge < -0.3 is 14.5 Å². The zero-order valence-corrected chi connectivity index (χ0v) is 17.3. The molecular weight excluding hydrogens is 364 g/mol. The average Bonchev–Trinajstić information content (AvgIpc) is 2.77. The van der Waals surface area contributed by atoms with Gasteiger partial charge in [0, 0.05) is 45.4 Å². The Hall–Kier alpha value is -2.82. The number of piperidine rings is 1. The van der Waals surface area contributed by atoms with Gasteiger partial charge in [0.2, 0.25) is 11.8 Å². The number of ether oxygens (including phenoxy) is 1. The van der Waals surface area contributed by atoms with Crippen LogP contribution in [0.4, 0.5) is 0 Å². The van der Waals surface area contributed by atoms with Crippen LogP contribution in [0.3, 0.4) is 0 Å². The SMILES string of the molecule is COc1ccc([C@@H](CC(=O)N(C)CCN2CCCCC2=O)c2ccccc2)cc1. The number of carbonyl (C=O) groups excluding carboxylic acids is 2. The summed E-state index contributed by atoms with van der Waals surface area (Å²) in [4.78, 5) is 28.6. The first-order valence-electron chi connectivity index (χ1n) is 10.3. The summed E-state index contributed by atoms with van der Waals surface area (Å²) in [6, 6.07) is 18.0. The van der Waals surface area contributed by atoms with Crippen molar-refractivity contribution in [1.29, 1.82) is 0 Å². The first kappa shape index (κ1) is 20.9. The van der Waals surface area contributed by atoms with Crippen LogP contribution in [0.5, 0.6) is 5.75 Å². The summed E-state index contributed by atoms with van der Waals surface area (Å²) in [7, 11) is 3.47. The Labute approximate surface area is 173 Å². The summed E-state index contributed by atoms with van der Waals surface area (Å²) in [6.07, 6.45) is 3.05. The van der Waals surface area contributed by atoms with Gasteiger partial charge in [-0.2, -0.15) is 0 Å². The lowest BCUT2D eigenvalue weighted by Crippen LogP contribution is -2.41. The van der Waals surface area contributed by atoms with Gasteiger partial charge in [-0.05, 0) is 36.1 Å². The molecule has 0 aliphatic carbocycles. The molecule has 154 valence electrons. The van der Waals surface area contributed by atoms with E-state index in [1.54, 1.807) is 12.0 Å². The molecule has 0 bridgehead atoms. The minimum Gasteiger partial charge on any atom is -0.497 e. The molecule has 0 spiro atoms. The van der Waals surface area contributed by atoms with E-state index in [1.165, 1.54) is 0 Å². The highest BCUT2D eigenvalue weighted by molar-refractivity contribution is 5.78. The largest absolute Gasteiger partial charge is 0.497 e. The second kappa shape index (κ2) is 10.1. The third-order valence-electron chi connectivity index (χ3n) is 5.65. The van der Waals surface area contributed by atoms with Crippen LogP contribution in [0, 0.1) is 0 Å². The zero-order valence-electron chi connectivity index (χ0n) is 17.3. The van der Waals surface area contributed by atoms with Crippen molar-refractivity contribution in [2.24, 2.45) is 0 Å². The predicted octanol–water partition coefficient (Wildman–Crippen LogP) is 3.69. The molecule has 0 saturated carbocycles. The summed E-state index contributed by atoms with van der Waals surface area (Å²) >= 11 is 0. The lowest BCUT2D eigenvalue weighted by molar-refractivity contribution is -0.135. The maximum atomic E-state index is 13.0. The van der Waals surface area contributed by atoms with Crippen LogP contribution in [-0.4, -0.2) is 55.4 Å². The normalized spacial score (nSPS) is 15.1. The van der Waals surface area contributed by atoms with Gasteiger partial charge in [0.1, 0.15) is 5.75 Å². The quantitative estimate of drug-likeness (QED) is 0.686.